The zero-order valence-corrected chi connectivity index (χ0v) is 14.1. The molecule has 0 aliphatic rings. The molecule has 1 atom stereocenters. The number of methoxy groups -OCH3 is 1. The molecule has 2 amide bonds. The van der Waals surface area contributed by atoms with Gasteiger partial charge in [-0.15, -0.1) is 0 Å². The largest absolute Gasteiger partial charge is 0.497 e. The van der Waals surface area contributed by atoms with E-state index in [4.69, 9.17) is 4.74 Å². The molecule has 3 N–H and O–H groups in total. The van der Waals surface area contributed by atoms with Gasteiger partial charge in [0.25, 0.3) is 0 Å². The van der Waals surface area contributed by atoms with Crippen LogP contribution < -0.4 is 20.3 Å². The van der Waals surface area contributed by atoms with Crippen molar-refractivity contribution in [3.63, 3.8) is 0 Å². The van der Waals surface area contributed by atoms with Crippen molar-refractivity contribution in [3.05, 3.63) is 54.1 Å². The van der Waals surface area contributed by atoms with Crippen LogP contribution in [0.4, 0.5) is 16.2 Å². The smallest absolute Gasteiger partial charge is 0.319 e. The van der Waals surface area contributed by atoms with Crippen molar-refractivity contribution in [1.82, 2.24) is 5.32 Å². The first kappa shape index (κ1) is 17.6. The lowest BCUT2D eigenvalue weighted by Crippen LogP contribution is -2.32. The summed E-state index contributed by atoms with van der Waals surface area (Å²) in [6.07, 6.45) is -0.761. The van der Waals surface area contributed by atoms with E-state index in [0.29, 0.717) is 5.69 Å². The van der Waals surface area contributed by atoms with Gasteiger partial charge in [-0.1, -0.05) is 12.1 Å². The van der Waals surface area contributed by atoms with Crippen molar-refractivity contribution in [2.24, 2.45) is 0 Å². The van der Waals surface area contributed by atoms with Crippen molar-refractivity contribution in [1.29, 1.82) is 0 Å². The van der Waals surface area contributed by atoms with Crippen LogP contribution in [-0.2, 0) is 0 Å². The molecule has 2 aromatic carbocycles. The molecule has 0 aliphatic carbocycles. The first-order chi connectivity index (χ1) is 11.5. The molecule has 0 aromatic heterocycles. The third kappa shape index (κ3) is 4.89. The van der Waals surface area contributed by atoms with E-state index in [2.05, 4.69) is 10.6 Å². The molecule has 0 radical (unpaired) electrons. The Morgan fingerprint density at radius 3 is 2.29 bits per heavy atom. The molecule has 2 aromatic rings. The van der Waals surface area contributed by atoms with Crippen molar-refractivity contribution in [2.75, 3.05) is 38.0 Å². The van der Waals surface area contributed by atoms with Gasteiger partial charge in [-0.25, -0.2) is 4.79 Å². The fourth-order valence-electron chi connectivity index (χ4n) is 2.15. The summed E-state index contributed by atoms with van der Waals surface area (Å²) in [6, 6.07) is 14.2. The molecule has 0 spiro atoms. The number of nitrogens with zero attached hydrogens (tertiary/aromatic N) is 1. The number of rotatable bonds is 6. The van der Waals surface area contributed by atoms with Gasteiger partial charge >= 0.3 is 6.03 Å². The molecule has 1 unspecified atom stereocenters. The van der Waals surface area contributed by atoms with Gasteiger partial charge in [0.05, 0.1) is 13.2 Å². The van der Waals surface area contributed by atoms with Crippen LogP contribution in [0.25, 0.3) is 0 Å². The van der Waals surface area contributed by atoms with Crippen molar-refractivity contribution in [2.45, 2.75) is 6.10 Å². The Morgan fingerprint density at radius 2 is 1.75 bits per heavy atom. The van der Waals surface area contributed by atoms with E-state index in [1.165, 1.54) is 0 Å². The van der Waals surface area contributed by atoms with E-state index in [1.54, 1.807) is 31.4 Å². The highest BCUT2D eigenvalue weighted by Gasteiger charge is 2.10. The van der Waals surface area contributed by atoms with E-state index in [9.17, 15) is 9.90 Å². The van der Waals surface area contributed by atoms with Crippen LogP contribution in [0.15, 0.2) is 48.5 Å². The molecular formula is C18H23N3O3. The van der Waals surface area contributed by atoms with Crippen molar-refractivity contribution in [3.8, 4) is 5.75 Å². The first-order valence-corrected chi connectivity index (χ1v) is 7.64. The summed E-state index contributed by atoms with van der Waals surface area (Å²) in [4.78, 5) is 13.9. The molecule has 2 rings (SSSR count). The second kappa shape index (κ2) is 8.21. The second-order valence-corrected chi connectivity index (χ2v) is 5.57. The maximum Gasteiger partial charge on any atom is 0.319 e. The Morgan fingerprint density at radius 1 is 1.12 bits per heavy atom. The summed E-state index contributed by atoms with van der Waals surface area (Å²) in [7, 11) is 5.49. The number of ether oxygens (including phenoxy) is 1. The Bertz CT molecular complexity index is 654. The predicted octanol–water partition coefficient (Wildman–Crippen LogP) is 2.62. The summed E-state index contributed by atoms with van der Waals surface area (Å²) in [6.45, 7) is 0.128. The number of nitrogens with one attached hydrogen (secondary N) is 2. The van der Waals surface area contributed by atoms with Gasteiger partial charge in [0.15, 0.2) is 0 Å². The number of aliphatic hydroxyl groups is 1. The number of aliphatic hydroxyl groups excluding tert-OH is 1. The third-order valence-corrected chi connectivity index (χ3v) is 3.60. The fraction of sp³-hybridized carbons (Fsp3) is 0.278. The first-order valence-electron chi connectivity index (χ1n) is 7.64. The van der Waals surface area contributed by atoms with Crippen LogP contribution in [-0.4, -0.2) is 38.9 Å². The number of benzene rings is 2. The van der Waals surface area contributed by atoms with Gasteiger partial charge in [0, 0.05) is 32.0 Å². The number of hydrogen-bond donors (Lipinski definition) is 3. The Labute approximate surface area is 142 Å². The lowest BCUT2D eigenvalue weighted by atomic mass is 10.1. The lowest BCUT2D eigenvalue weighted by molar-refractivity contribution is 0.175. The molecule has 6 heteroatoms. The number of amides is 2. The summed E-state index contributed by atoms with van der Waals surface area (Å²) in [5, 5.41) is 15.5. The molecule has 0 saturated carbocycles. The summed E-state index contributed by atoms with van der Waals surface area (Å²) in [5.74, 6) is 0.720. The van der Waals surface area contributed by atoms with Crippen LogP contribution in [0.5, 0.6) is 5.75 Å². The van der Waals surface area contributed by atoms with Crippen molar-refractivity contribution < 1.29 is 14.6 Å². The number of hydrogen-bond acceptors (Lipinski definition) is 4. The highest BCUT2D eigenvalue weighted by atomic mass is 16.5. The Balaban J connectivity index is 1.83. The fourth-order valence-corrected chi connectivity index (χ4v) is 2.15. The second-order valence-electron chi connectivity index (χ2n) is 5.57. The van der Waals surface area contributed by atoms with Gasteiger partial charge in [0.1, 0.15) is 5.75 Å². The average Bonchev–Trinajstić information content (AvgIpc) is 2.60. The van der Waals surface area contributed by atoms with Gasteiger partial charge in [-0.05, 0) is 42.0 Å². The van der Waals surface area contributed by atoms with Crippen LogP contribution in [0.2, 0.25) is 0 Å². The Kier molecular flexibility index (Phi) is 6.03. The molecule has 6 nitrogen and oxygen atoms in total. The quantitative estimate of drug-likeness (QED) is 0.762. The average molecular weight is 329 g/mol. The summed E-state index contributed by atoms with van der Waals surface area (Å²) in [5.41, 5.74) is 2.46. The Hall–Kier alpha value is -2.73. The van der Waals surface area contributed by atoms with Gasteiger partial charge in [0.2, 0.25) is 0 Å². The summed E-state index contributed by atoms with van der Waals surface area (Å²) >= 11 is 0. The predicted molar refractivity (Wildman–Crippen MR) is 95.7 cm³/mol. The molecule has 128 valence electrons. The SMILES string of the molecule is COc1ccc(NC(=O)NCC(O)c2ccc(N(C)C)cc2)cc1. The minimum absolute atomic E-state index is 0.128. The maximum absolute atomic E-state index is 11.9. The highest BCUT2D eigenvalue weighted by Crippen LogP contribution is 2.18. The normalized spacial score (nSPS) is 11.5. The van der Waals surface area contributed by atoms with E-state index < -0.39 is 6.10 Å². The third-order valence-electron chi connectivity index (χ3n) is 3.60. The van der Waals surface area contributed by atoms with Crippen LogP contribution in [0, 0.1) is 0 Å². The minimum Gasteiger partial charge on any atom is -0.497 e. The van der Waals surface area contributed by atoms with Crippen LogP contribution >= 0.6 is 0 Å². The molecule has 0 heterocycles. The highest BCUT2D eigenvalue weighted by molar-refractivity contribution is 5.89. The monoisotopic (exact) mass is 329 g/mol. The van der Waals surface area contributed by atoms with Gasteiger partial charge in [-0.3, -0.25) is 0 Å². The zero-order valence-electron chi connectivity index (χ0n) is 14.1. The zero-order chi connectivity index (χ0) is 17.5. The van der Waals surface area contributed by atoms with E-state index in [0.717, 1.165) is 17.0 Å². The van der Waals surface area contributed by atoms with Crippen LogP contribution in [0.3, 0.4) is 0 Å². The van der Waals surface area contributed by atoms with Gasteiger partial charge < -0.3 is 25.4 Å². The lowest BCUT2D eigenvalue weighted by Gasteiger charge is -2.16. The number of carbonyl (C=O) groups is 1. The number of anilines is 2. The molecular weight excluding hydrogens is 306 g/mol. The number of urea groups is 1. The van der Waals surface area contributed by atoms with E-state index >= 15 is 0 Å². The molecule has 24 heavy (non-hydrogen) atoms. The van der Waals surface area contributed by atoms with Gasteiger partial charge in [-0.2, -0.15) is 0 Å². The van der Waals surface area contributed by atoms with Crippen molar-refractivity contribution >= 4 is 17.4 Å². The maximum atomic E-state index is 11.9. The van der Waals surface area contributed by atoms with E-state index in [-0.39, 0.29) is 12.6 Å². The van der Waals surface area contributed by atoms with Crippen LogP contribution in [0.1, 0.15) is 11.7 Å². The summed E-state index contributed by atoms with van der Waals surface area (Å²) < 4.78 is 5.06. The molecule has 0 bridgehead atoms. The standard InChI is InChI=1S/C18H23N3O3/c1-21(2)15-8-4-13(5-9-15)17(22)12-19-18(23)20-14-6-10-16(24-3)11-7-14/h4-11,17,22H,12H2,1-3H3,(H2,19,20,23). The van der Waals surface area contributed by atoms with E-state index in [1.807, 2.05) is 43.3 Å². The molecule has 0 fully saturated rings. The molecule has 0 aliphatic heterocycles. The molecule has 0 saturated heterocycles. The minimum atomic E-state index is -0.761. The number of carbonyl (C=O) groups excluding carboxylic acids is 1. The topological polar surface area (TPSA) is 73.8 Å².